The van der Waals surface area contributed by atoms with Crippen LogP contribution in [0.5, 0.6) is 0 Å². The standard InChI is InChI=1S/C28H26N2O3S/c1-19-9-14-24(15-10-19)34(32,33)30(23-7-3-5-20(2)17-23)18-27(31)29-26-16-13-22-12-11-21-6-4-8-25(26)28(21)22/h3-10,13-17H,11-12,18H2,1-2H3,(H,29,31). The lowest BCUT2D eigenvalue weighted by molar-refractivity contribution is -0.114. The molecule has 0 aliphatic heterocycles. The van der Waals surface area contributed by atoms with E-state index in [-0.39, 0.29) is 11.4 Å². The fourth-order valence-corrected chi connectivity index (χ4v) is 6.02. The molecule has 34 heavy (non-hydrogen) atoms. The van der Waals surface area contributed by atoms with Gasteiger partial charge in [0.2, 0.25) is 5.91 Å². The molecule has 5 rings (SSSR count). The van der Waals surface area contributed by atoms with Crippen molar-refractivity contribution < 1.29 is 13.2 Å². The molecule has 0 bridgehead atoms. The smallest absolute Gasteiger partial charge is 0.264 e. The number of aryl methyl sites for hydroxylation is 4. The number of nitrogens with zero attached hydrogens (tertiary/aromatic N) is 1. The van der Waals surface area contributed by atoms with Gasteiger partial charge in [-0.3, -0.25) is 9.10 Å². The lowest BCUT2D eigenvalue weighted by Crippen LogP contribution is -2.38. The molecule has 1 aliphatic carbocycles. The first-order chi connectivity index (χ1) is 16.3. The number of amides is 1. The Bertz CT molecular complexity index is 1500. The van der Waals surface area contributed by atoms with Gasteiger partial charge < -0.3 is 5.32 Å². The molecule has 0 aromatic heterocycles. The predicted octanol–water partition coefficient (Wildman–Crippen LogP) is 5.39. The number of carbonyl (C=O) groups excluding carboxylic acids is 1. The van der Waals surface area contributed by atoms with Crippen molar-refractivity contribution in [1.29, 1.82) is 0 Å². The molecule has 172 valence electrons. The Balaban J connectivity index is 1.49. The number of rotatable bonds is 6. The molecule has 6 heteroatoms. The van der Waals surface area contributed by atoms with Gasteiger partial charge in [-0.15, -0.1) is 0 Å². The second-order valence-electron chi connectivity index (χ2n) is 8.82. The summed E-state index contributed by atoms with van der Waals surface area (Å²) in [7, 11) is -3.95. The quantitative estimate of drug-likeness (QED) is 0.411. The molecule has 0 heterocycles. The fraction of sp³-hybridized carbons (Fsp3) is 0.179. The van der Waals surface area contributed by atoms with Gasteiger partial charge in [-0.2, -0.15) is 0 Å². The zero-order valence-electron chi connectivity index (χ0n) is 19.2. The lowest BCUT2D eigenvalue weighted by atomic mass is 10.0. The van der Waals surface area contributed by atoms with Crippen LogP contribution in [0.25, 0.3) is 10.8 Å². The summed E-state index contributed by atoms with van der Waals surface area (Å²) in [6, 6.07) is 23.9. The van der Waals surface area contributed by atoms with Crippen LogP contribution in [0, 0.1) is 13.8 Å². The van der Waals surface area contributed by atoms with Crippen molar-refractivity contribution in [3.8, 4) is 0 Å². The minimum absolute atomic E-state index is 0.151. The van der Waals surface area contributed by atoms with E-state index in [1.165, 1.54) is 20.8 Å². The molecule has 1 N–H and O–H groups in total. The molecule has 0 unspecified atom stereocenters. The molecule has 4 aromatic rings. The molecule has 0 atom stereocenters. The van der Waals surface area contributed by atoms with E-state index < -0.39 is 15.9 Å². The van der Waals surface area contributed by atoms with Gasteiger partial charge in [0.25, 0.3) is 10.0 Å². The van der Waals surface area contributed by atoms with Crippen molar-refractivity contribution in [2.24, 2.45) is 0 Å². The van der Waals surface area contributed by atoms with E-state index in [1.54, 1.807) is 42.5 Å². The van der Waals surface area contributed by atoms with E-state index in [4.69, 9.17) is 0 Å². The first-order valence-corrected chi connectivity index (χ1v) is 12.8. The highest BCUT2D eigenvalue weighted by atomic mass is 32.2. The summed E-state index contributed by atoms with van der Waals surface area (Å²) >= 11 is 0. The fourth-order valence-electron chi connectivity index (χ4n) is 4.61. The minimum Gasteiger partial charge on any atom is -0.324 e. The lowest BCUT2D eigenvalue weighted by Gasteiger charge is -2.24. The molecule has 0 spiro atoms. The predicted molar refractivity (Wildman–Crippen MR) is 137 cm³/mol. The molecular formula is C28H26N2O3S. The summed E-state index contributed by atoms with van der Waals surface area (Å²) < 4.78 is 28.4. The van der Waals surface area contributed by atoms with Crippen LogP contribution in [0.4, 0.5) is 11.4 Å². The van der Waals surface area contributed by atoms with E-state index in [2.05, 4.69) is 17.4 Å². The highest BCUT2D eigenvalue weighted by Gasteiger charge is 2.28. The Morgan fingerprint density at radius 1 is 0.853 bits per heavy atom. The van der Waals surface area contributed by atoms with Crippen LogP contribution in [-0.4, -0.2) is 20.9 Å². The molecule has 1 aliphatic rings. The van der Waals surface area contributed by atoms with Crippen molar-refractivity contribution in [3.63, 3.8) is 0 Å². The summed E-state index contributed by atoms with van der Waals surface area (Å²) in [4.78, 5) is 13.4. The topological polar surface area (TPSA) is 66.5 Å². The number of hydrogen-bond acceptors (Lipinski definition) is 3. The molecule has 0 saturated heterocycles. The Morgan fingerprint density at radius 3 is 2.29 bits per heavy atom. The van der Waals surface area contributed by atoms with Crippen LogP contribution in [0.1, 0.15) is 22.3 Å². The average Bonchev–Trinajstić information content (AvgIpc) is 3.24. The van der Waals surface area contributed by atoms with E-state index >= 15 is 0 Å². The first-order valence-electron chi connectivity index (χ1n) is 11.3. The van der Waals surface area contributed by atoms with E-state index in [0.717, 1.165) is 29.4 Å². The maximum Gasteiger partial charge on any atom is 0.264 e. The van der Waals surface area contributed by atoms with E-state index in [1.807, 2.05) is 38.1 Å². The molecule has 0 fully saturated rings. The number of nitrogens with one attached hydrogen (secondary N) is 1. The van der Waals surface area contributed by atoms with E-state index in [0.29, 0.717) is 11.4 Å². The molecule has 5 nitrogen and oxygen atoms in total. The van der Waals surface area contributed by atoms with Crippen molar-refractivity contribution >= 4 is 38.1 Å². The van der Waals surface area contributed by atoms with Crippen LogP contribution in [0.3, 0.4) is 0 Å². The third-order valence-corrected chi connectivity index (χ3v) is 8.12. The van der Waals surface area contributed by atoms with Crippen LogP contribution < -0.4 is 9.62 Å². The molecule has 0 radical (unpaired) electrons. The number of hydrogen-bond donors (Lipinski definition) is 1. The number of sulfonamides is 1. The van der Waals surface area contributed by atoms with Crippen LogP contribution in [-0.2, 0) is 27.7 Å². The third-order valence-electron chi connectivity index (χ3n) is 6.34. The largest absolute Gasteiger partial charge is 0.324 e. The van der Waals surface area contributed by atoms with Crippen LogP contribution in [0.15, 0.2) is 83.8 Å². The number of benzene rings is 4. The van der Waals surface area contributed by atoms with Crippen LogP contribution >= 0.6 is 0 Å². The van der Waals surface area contributed by atoms with Gasteiger partial charge in [-0.1, -0.05) is 54.1 Å². The zero-order valence-corrected chi connectivity index (χ0v) is 20.0. The maximum atomic E-state index is 13.6. The summed E-state index contributed by atoms with van der Waals surface area (Å²) in [5, 5.41) is 5.16. The normalized spacial score (nSPS) is 12.6. The van der Waals surface area contributed by atoms with Crippen molar-refractivity contribution in [2.75, 3.05) is 16.2 Å². The number of carbonyl (C=O) groups is 1. The first kappa shape index (κ1) is 22.2. The Hall–Kier alpha value is -3.64. The summed E-state index contributed by atoms with van der Waals surface area (Å²) in [6.45, 7) is 3.47. The van der Waals surface area contributed by atoms with Crippen molar-refractivity contribution in [3.05, 3.63) is 101 Å². The highest BCUT2D eigenvalue weighted by Crippen LogP contribution is 2.35. The van der Waals surface area contributed by atoms with Crippen molar-refractivity contribution in [2.45, 2.75) is 31.6 Å². The van der Waals surface area contributed by atoms with Gasteiger partial charge in [0.15, 0.2) is 0 Å². The van der Waals surface area contributed by atoms with Gasteiger partial charge in [0.05, 0.1) is 10.6 Å². The second kappa shape index (κ2) is 8.61. The average molecular weight is 471 g/mol. The van der Waals surface area contributed by atoms with Gasteiger partial charge in [-0.25, -0.2) is 8.42 Å². The van der Waals surface area contributed by atoms with E-state index in [9.17, 15) is 13.2 Å². The Kier molecular flexibility index (Phi) is 5.62. The van der Waals surface area contributed by atoms with Crippen molar-refractivity contribution in [1.82, 2.24) is 0 Å². The van der Waals surface area contributed by atoms with Crippen LogP contribution in [0.2, 0.25) is 0 Å². The molecule has 1 amide bonds. The highest BCUT2D eigenvalue weighted by molar-refractivity contribution is 7.92. The monoisotopic (exact) mass is 470 g/mol. The SMILES string of the molecule is Cc1ccc(S(=O)(=O)N(CC(=O)Nc2ccc3c4c(cccc24)CC3)c2cccc(C)c2)cc1. The van der Waals surface area contributed by atoms with Gasteiger partial charge in [0.1, 0.15) is 6.54 Å². The number of anilines is 2. The maximum absolute atomic E-state index is 13.6. The second-order valence-corrected chi connectivity index (χ2v) is 10.7. The Morgan fingerprint density at radius 2 is 1.56 bits per heavy atom. The third kappa shape index (κ3) is 4.05. The molecular weight excluding hydrogens is 444 g/mol. The van der Waals surface area contributed by atoms with Gasteiger partial charge >= 0.3 is 0 Å². The molecule has 0 saturated carbocycles. The van der Waals surface area contributed by atoms with Gasteiger partial charge in [-0.05, 0) is 79.1 Å². The minimum atomic E-state index is -3.95. The van der Waals surface area contributed by atoms with Gasteiger partial charge in [0, 0.05) is 11.1 Å². The summed E-state index contributed by atoms with van der Waals surface area (Å²) in [5.41, 5.74) is 5.60. The summed E-state index contributed by atoms with van der Waals surface area (Å²) in [5.74, 6) is -0.393. The summed E-state index contributed by atoms with van der Waals surface area (Å²) in [6.07, 6.45) is 2.00. The molecule has 4 aromatic carbocycles. The Labute approximate surface area is 200 Å². The zero-order chi connectivity index (χ0) is 23.9.